The van der Waals surface area contributed by atoms with Crippen LogP contribution in [0.3, 0.4) is 0 Å². The van der Waals surface area contributed by atoms with E-state index in [1.54, 1.807) is 19.1 Å². The van der Waals surface area contributed by atoms with Gasteiger partial charge in [0.2, 0.25) is 0 Å². The molecule has 0 heterocycles. The zero-order valence-electron chi connectivity index (χ0n) is 9.49. The SMILES string of the molecule is C#C[C@@](C)(CC)OC(=O)Nc1ccccc1. The molecule has 1 aromatic carbocycles. The van der Waals surface area contributed by atoms with E-state index in [1.807, 2.05) is 25.1 Å². The molecular weight excluding hydrogens is 202 g/mol. The fourth-order valence-corrected chi connectivity index (χ4v) is 1.07. The molecule has 0 aromatic heterocycles. The summed E-state index contributed by atoms with van der Waals surface area (Å²) in [6, 6.07) is 9.08. The Labute approximate surface area is 95.8 Å². The number of anilines is 1. The summed E-state index contributed by atoms with van der Waals surface area (Å²) in [7, 11) is 0. The number of ether oxygens (including phenoxy) is 1. The van der Waals surface area contributed by atoms with E-state index in [4.69, 9.17) is 11.2 Å². The molecule has 0 spiro atoms. The summed E-state index contributed by atoms with van der Waals surface area (Å²) in [5.41, 5.74) is -0.165. The Bertz CT molecular complexity index is 394. The van der Waals surface area contributed by atoms with Crippen LogP contribution in [0, 0.1) is 12.3 Å². The minimum atomic E-state index is -0.848. The fourth-order valence-electron chi connectivity index (χ4n) is 1.07. The molecule has 0 aliphatic heterocycles. The minimum Gasteiger partial charge on any atom is -0.430 e. The van der Waals surface area contributed by atoms with Crippen LogP contribution in [0.15, 0.2) is 30.3 Å². The van der Waals surface area contributed by atoms with Gasteiger partial charge in [-0.1, -0.05) is 31.0 Å². The zero-order valence-corrected chi connectivity index (χ0v) is 9.49. The number of terminal acetylenes is 1. The molecule has 0 radical (unpaired) electrons. The molecule has 1 rings (SSSR count). The van der Waals surface area contributed by atoms with E-state index in [9.17, 15) is 4.79 Å². The van der Waals surface area contributed by atoms with E-state index in [0.29, 0.717) is 12.1 Å². The van der Waals surface area contributed by atoms with Crippen LogP contribution in [0.1, 0.15) is 20.3 Å². The molecule has 1 atom stereocenters. The van der Waals surface area contributed by atoms with Crippen molar-refractivity contribution < 1.29 is 9.53 Å². The maximum atomic E-state index is 11.5. The predicted octanol–water partition coefficient (Wildman–Crippen LogP) is 3.04. The summed E-state index contributed by atoms with van der Waals surface area (Å²) < 4.78 is 5.15. The van der Waals surface area contributed by atoms with Gasteiger partial charge in [-0.25, -0.2) is 4.79 Å². The van der Waals surface area contributed by atoms with E-state index >= 15 is 0 Å². The van der Waals surface area contributed by atoms with Gasteiger partial charge in [-0.2, -0.15) is 0 Å². The normalized spacial score (nSPS) is 13.3. The fraction of sp³-hybridized carbons (Fsp3) is 0.308. The van der Waals surface area contributed by atoms with Crippen LogP contribution in [0.4, 0.5) is 10.5 Å². The van der Waals surface area contributed by atoms with E-state index in [1.165, 1.54) is 0 Å². The first-order chi connectivity index (χ1) is 7.59. The van der Waals surface area contributed by atoms with E-state index < -0.39 is 11.7 Å². The van der Waals surface area contributed by atoms with Gasteiger partial charge in [0, 0.05) is 5.69 Å². The second-order valence-electron chi connectivity index (χ2n) is 3.61. The van der Waals surface area contributed by atoms with Crippen LogP contribution in [-0.2, 0) is 4.74 Å². The molecule has 16 heavy (non-hydrogen) atoms. The Kier molecular flexibility index (Phi) is 3.96. The molecule has 3 heteroatoms. The lowest BCUT2D eigenvalue weighted by atomic mass is 10.1. The number of hydrogen-bond acceptors (Lipinski definition) is 2. The van der Waals surface area contributed by atoms with Crippen LogP contribution < -0.4 is 5.32 Å². The highest BCUT2D eigenvalue weighted by molar-refractivity contribution is 5.84. The van der Waals surface area contributed by atoms with Gasteiger partial charge in [0.05, 0.1) is 0 Å². The summed E-state index contributed by atoms with van der Waals surface area (Å²) in [6.45, 7) is 3.58. The zero-order chi connectivity index (χ0) is 12.0. The lowest BCUT2D eigenvalue weighted by Gasteiger charge is -2.22. The number of rotatable bonds is 3. The second-order valence-corrected chi connectivity index (χ2v) is 3.61. The molecule has 1 amide bonds. The van der Waals surface area contributed by atoms with Crippen molar-refractivity contribution >= 4 is 11.8 Å². The molecule has 3 nitrogen and oxygen atoms in total. The molecule has 0 saturated heterocycles. The number of benzene rings is 1. The maximum absolute atomic E-state index is 11.5. The van der Waals surface area contributed by atoms with Gasteiger partial charge in [-0.3, -0.25) is 5.32 Å². The average molecular weight is 217 g/mol. The minimum absolute atomic E-state index is 0.534. The third kappa shape index (κ3) is 3.32. The largest absolute Gasteiger partial charge is 0.430 e. The number of carbonyl (C=O) groups is 1. The van der Waals surface area contributed by atoms with E-state index in [2.05, 4.69) is 11.2 Å². The summed E-state index contributed by atoms with van der Waals surface area (Å²) >= 11 is 0. The molecule has 1 N–H and O–H groups in total. The van der Waals surface area contributed by atoms with Gasteiger partial charge >= 0.3 is 6.09 Å². The highest BCUT2D eigenvalue weighted by atomic mass is 16.6. The van der Waals surface area contributed by atoms with Crippen molar-refractivity contribution in [1.82, 2.24) is 0 Å². The quantitative estimate of drug-likeness (QED) is 0.790. The van der Waals surface area contributed by atoms with Gasteiger partial charge in [0.15, 0.2) is 5.60 Å². The molecule has 0 unspecified atom stereocenters. The van der Waals surface area contributed by atoms with Gasteiger partial charge in [-0.05, 0) is 25.5 Å². The van der Waals surface area contributed by atoms with Crippen molar-refractivity contribution in [3.8, 4) is 12.3 Å². The predicted molar refractivity (Wildman–Crippen MR) is 64.1 cm³/mol. The number of amides is 1. The van der Waals surface area contributed by atoms with Crippen LogP contribution in [0.5, 0.6) is 0 Å². The lowest BCUT2D eigenvalue weighted by Crippen LogP contribution is -2.31. The van der Waals surface area contributed by atoms with Crippen molar-refractivity contribution in [3.63, 3.8) is 0 Å². The van der Waals surface area contributed by atoms with Crippen molar-refractivity contribution in [1.29, 1.82) is 0 Å². The lowest BCUT2D eigenvalue weighted by molar-refractivity contribution is 0.0750. The van der Waals surface area contributed by atoms with Crippen LogP contribution in [0.25, 0.3) is 0 Å². The Balaban J connectivity index is 2.59. The van der Waals surface area contributed by atoms with Crippen LogP contribution >= 0.6 is 0 Å². The topological polar surface area (TPSA) is 38.3 Å². The van der Waals surface area contributed by atoms with E-state index in [0.717, 1.165) is 0 Å². The van der Waals surface area contributed by atoms with Crippen molar-refractivity contribution in [2.24, 2.45) is 0 Å². The number of para-hydroxylation sites is 1. The van der Waals surface area contributed by atoms with Gasteiger partial charge in [-0.15, -0.1) is 6.42 Å². The Morgan fingerprint density at radius 1 is 1.50 bits per heavy atom. The average Bonchev–Trinajstić information content (AvgIpc) is 2.30. The number of hydrogen-bond donors (Lipinski definition) is 1. The third-order valence-corrected chi connectivity index (χ3v) is 2.32. The molecule has 0 fully saturated rings. The Morgan fingerprint density at radius 2 is 2.12 bits per heavy atom. The summed E-state index contributed by atoms with van der Waals surface area (Å²) in [4.78, 5) is 11.5. The highest BCUT2D eigenvalue weighted by Crippen LogP contribution is 2.15. The Hall–Kier alpha value is -1.95. The molecule has 0 aliphatic carbocycles. The summed E-state index contributed by atoms with van der Waals surface area (Å²) in [5, 5.41) is 2.61. The Morgan fingerprint density at radius 3 is 2.62 bits per heavy atom. The van der Waals surface area contributed by atoms with Crippen molar-refractivity contribution in [2.75, 3.05) is 5.32 Å². The summed E-state index contributed by atoms with van der Waals surface area (Å²) in [6.07, 6.45) is 5.35. The highest BCUT2D eigenvalue weighted by Gasteiger charge is 2.23. The molecule has 1 aromatic rings. The number of carbonyl (C=O) groups excluding carboxylic acids is 1. The van der Waals surface area contributed by atoms with Crippen molar-refractivity contribution in [3.05, 3.63) is 30.3 Å². The molecule has 0 bridgehead atoms. The van der Waals surface area contributed by atoms with E-state index in [-0.39, 0.29) is 0 Å². The first-order valence-electron chi connectivity index (χ1n) is 5.12. The smallest absolute Gasteiger partial charge is 0.413 e. The standard InChI is InChI=1S/C13H15NO2/c1-4-13(3,5-2)16-12(15)14-11-9-7-6-8-10-11/h1,6-10H,5H2,2-3H3,(H,14,15)/t13-/m0/s1. The molecular formula is C13H15NO2. The second kappa shape index (κ2) is 5.22. The maximum Gasteiger partial charge on any atom is 0.413 e. The first-order valence-corrected chi connectivity index (χ1v) is 5.12. The summed E-state index contributed by atoms with van der Waals surface area (Å²) in [5.74, 6) is 2.46. The van der Waals surface area contributed by atoms with Crippen LogP contribution in [0.2, 0.25) is 0 Å². The molecule has 0 aliphatic rings. The van der Waals surface area contributed by atoms with Gasteiger partial charge in [0.1, 0.15) is 0 Å². The number of nitrogens with one attached hydrogen (secondary N) is 1. The van der Waals surface area contributed by atoms with Crippen molar-refractivity contribution in [2.45, 2.75) is 25.9 Å². The third-order valence-electron chi connectivity index (χ3n) is 2.32. The van der Waals surface area contributed by atoms with Gasteiger partial charge in [0.25, 0.3) is 0 Å². The molecule has 84 valence electrons. The van der Waals surface area contributed by atoms with Crippen LogP contribution in [-0.4, -0.2) is 11.7 Å². The monoisotopic (exact) mass is 217 g/mol. The first kappa shape index (κ1) is 12.1. The van der Waals surface area contributed by atoms with Gasteiger partial charge < -0.3 is 4.74 Å². The molecule has 0 saturated carbocycles.